The summed E-state index contributed by atoms with van der Waals surface area (Å²) < 4.78 is 0.0983. The molecule has 9 nitrogen and oxygen atoms in total. The first-order valence-electron chi connectivity index (χ1n) is 3.41. The Morgan fingerprint density at radius 2 is 1.79 bits per heavy atom. The molecule has 0 aliphatic carbocycles. The fourth-order valence-electron chi connectivity index (χ4n) is 1.23. The summed E-state index contributed by atoms with van der Waals surface area (Å²) >= 11 is 0. The minimum absolute atomic E-state index is 0.0353. The number of hydrogen-bond acceptors (Lipinski definition) is 6. The van der Waals surface area contributed by atoms with E-state index in [1.807, 2.05) is 0 Å². The lowest BCUT2D eigenvalue weighted by atomic mass is 10.4. The summed E-state index contributed by atoms with van der Waals surface area (Å²) in [6, 6.07) is 0. The Balaban J connectivity index is 3.08. The third-order valence-corrected chi connectivity index (χ3v) is 1.90. The van der Waals surface area contributed by atoms with Gasteiger partial charge in [0.2, 0.25) is 11.0 Å². The summed E-state index contributed by atoms with van der Waals surface area (Å²) in [5, 5.41) is 47.3. The smallest absolute Gasteiger partial charge is 0.435 e. The van der Waals surface area contributed by atoms with Crippen LogP contribution in [0, 0.1) is 5.21 Å². The topological polar surface area (TPSA) is 144 Å². The third-order valence-electron chi connectivity index (χ3n) is 1.90. The number of aromatic hydroxyl groups is 2. The number of fused-ring (bicyclic) bond motifs is 1. The molecule has 0 amide bonds. The Labute approximate surface area is 75.5 Å². The number of nitrogens with two attached hydrogens (primary N) is 1. The molecule has 6 N–H and O–H groups in total. The van der Waals surface area contributed by atoms with Crippen LogP contribution in [0.15, 0.2) is 0 Å². The first kappa shape index (κ1) is 8.16. The van der Waals surface area contributed by atoms with Crippen LogP contribution in [0.5, 0.6) is 11.8 Å². The van der Waals surface area contributed by atoms with Gasteiger partial charge in [-0.15, -0.1) is 4.73 Å². The number of nitrogens with zero attached hydrogens (tertiary/aromatic N) is 3. The molecule has 0 saturated carbocycles. The van der Waals surface area contributed by atoms with Crippen LogP contribution in [0.25, 0.3) is 11.0 Å². The van der Waals surface area contributed by atoms with Crippen molar-refractivity contribution in [1.82, 2.24) is 9.58 Å². The highest BCUT2D eigenvalue weighted by atomic mass is 16.6. The van der Waals surface area contributed by atoms with Crippen LogP contribution in [0.3, 0.4) is 0 Å². The molecule has 0 bridgehead atoms. The zero-order valence-electron chi connectivity index (χ0n) is 6.62. The highest BCUT2D eigenvalue weighted by molar-refractivity contribution is 5.94. The molecule has 2 rings (SSSR count). The van der Waals surface area contributed by atoms with Crippen LogP contribution in [0.2, 0.25) is 0 Å². The van der Waals surface area contributed by atoms with E-state index < -0.39 is 23.0 Å². The Bertz CT molecular complexity index is 439. The Morgan fingerprint density at radius 1 is 1.21 bits per heavy atom. The standard InChI is InChI=1S/C5H6N4O5/c6-1-2-3(7(12)4(1)10)5(11)9(14)8(2)13/h10-13H,6H2. The SMILES string of the molecule is Nc1c(O)n(O)c2c(O)[n+]([O-])n(O)c12. The maximum atomic E-state index is 10.9. The van der Waals surface area contributed by atoms with Crippen LogP contribution in [-0.4, -0.2) is 30.2 Å². The van der Waals surface area contributed by atoms with Gasteiger partial charge in [0.05, 0.1) is 0 Å². The Morgan fingerprint density at radius 3 is 2.29 bits per heavy atom. The number of rotatable bonds is 0. The fourth-order valence-corrected chi connectivity index (χ4v) is 1.23. The molecule has 0 unspecified atom stereocenters. The second kappa shape index (κ2) is 2.07. The van der Waals surface area contributed by atoms with Crippen molar-refractivity contribution in [1.29, 1.82) is 0 Å². The quantitative estimate of drug-likeness (QED) is 0.201. The number of hydrogen-bond donors (Lipinski definition) is 5. The third kappa shape index (κ3) is 0.620. The van der Waals surface area contributed by atoms with E-state index in [-0.39, 0.29) is 19.9 Å². The normalized spacial score (nSPS) is 11.1. The minimum atomic E-state index is -0.975. The molecule has 2 aromatic rings. The zero-order valence-corrected chi connectivity index (χ0v) is 6.62. The summed E-state index contributed by atoms with van der Waals surface area (Å²) in [5.41, 5.74) is 3.97. The molecule has 2 aromatic heterocycles. The lowest BCUT2D eigenvalue weighted by Gasteiger charge is -1.96. The maximum Gasteiger partial charge on any atom is 0.435 e. The lowest BCUT2D eigenvalue weighted by Crippen LogP contribution is -2.35. The maximum absolute atomic E-state index is 10.9. The van der Waals surface area contributed by atoms with Gasteiger partial charge in [0.1, 0.15) is 5.69 Å². The van der Waals surface area contributed by atoms with Crippen LogP contribution >= 0.6 is 0 Å². The van der Waals surface area contributed by atoms with E-state index in [1.165, 1.54) is 0 Å². The minimum Gasteiger partial charge on any atom is -0.591 e. The van der Waals surface area contributed by atoms with Gasteiger partial charge in [0, 0.05) is 4.85 Å². The predicted octanol–water partition coefficient (Wildman–Crippen LogP) is -1.46. The molecule has 0 aromatic carbocycles. The van der Waals surface area contributed by atoms with E-state index in [0.717, 1.165) is 0 Å². The first-order valence-corrected chi connectivity index (χ1v) is 3.41. The van der Waals surface area contributed by atoms with Crippen molar-refractivity contribution in [3.63, 3.8) is 0 Å². The zero-order chi connectivity index (χ0) is 10.6. The van der Waals surface area contributed by atoms with Crippen LogP contribution in [0.1, 0.15) is 0 Å². The van der Waals surface area contributed by atoms with Crippen molar-refractivity contribution in [2.24, 2.45) is 0 Å². The Kier molecular flexibility index (Phi) is 1.21. The van der Waals surface area contributed by atoms with E-state index in [4.69, 9.17) is 26.4 Å². The summed E-state index contributed by atoms with van der Waals surface area (Å²) in [6.45, 7) is 0. The highest BCUT2D eigenvalue weighted by Crippen LogP contribution is 2.35. The van der Waals surface area contributed by atoms with Crippen molar-refractivity contribution in [2.75, 3.05) is 5.73 Å². The van der Waals surface area contributed by atoms with E-state index in [1.54, 1.807) is 0 Å². The van der Waals surface area contributed by atoms with E-state index >= 15 is 0 Å². The van der Waals surface area contributed by atoms with Gasteiger partial charge < -0.3 is 31.6 Å². The predicted molar refractivity (Wildman–Crippen MR) is 41.0 cm³/mol. The molecule has 2 heterocycles. The van der Waals surface area contributed by atoms with Gasteiger partial charge in [-0.3, -0.25) is 0 Å². The summed E-state index contributed by atoms with van der Waals surface area (Å²) in [6.07, 6.45) is 0. The summed E-state index contributed by atoms with van der Waals surface area (Å²) in [7, 11) is 0. The van der Waals surface area contributed by atoms with Gasteiger partial charge in [-0.1, -0.05) is 0 Å². The molecule has 0 atom stereocenters. The monoisotopic (exact) mass is 202 g/mol. The van der Waals surface area contributed by atoms with E-state index in [9.17, 15) is 5.21 Å². The largest absolute Gasteiger partial charge is 0.591 e. The van der Waals surface area contributed by atoms with Gasteiger partial charge in [-0.05, 0) is 4.85 Å². The van der Waals surface area contributed by atoms with Gasteiger partial charge in [-0.2, -0.15) is 0 Å². The van der Waals surface area contributed by atoms with E-state index in [0.29, 0.717) is 0 Å². The molecule has 0 aliphatic rings. The number of anilines is 1. The lowest BCUT2D eigenvalue weighted by molar-refractivity contribution is -0.726. The van der Waals surface area contributed by atoms with Crippen molar-refractivity contribution >= 4 is 16.7 Å². The van der Waals surface area contributed by atoms with Crippen molar-refractivity contribution in [3.8, 4) is 11.8 Å². The first-order chi connectivity index (χ1) is 6.46. The number of aromatic nitrogens is 3. The van der Waals surface area contributed by atoms with Crippen LogP contribution in [0.4, 0.5) is 5.69 Å². The molecule has 76 valence electrons. The van der Waals surface area contributed by atoms with Crippen LogP contribution in [-0.2, 0) is 0 Å². The molecule has 0 spiro atoms. The molecule has 0 saturated heterocycles. The molecule has 0 fully saturated rings. The van der Waals surface area contributed by atoms with Crippen molar-refractivity contribution in [2.45, 2.75) is 0 Å². The van der Waals surface area contributed by atoms with Gasteiger partial charge in [0.25, 0.3) is 5.88 Å². The second-order valence-electron chi connectivity index (χ2n) is 2.63. The molecular formula is C5H6N4O5. The molecule has 0 aliphatic heterocycles. The van der Waals surface area contributed by atoms with Gasteiger partial charge in [0.15, 0.2) is 0 Å². The summed E-state index contributed by atoms with van der Waals surface area (Å²) in [5.74, 6) is -1.74. The van der Waals surface area contributed by atoms with Crippen LogP contribution < -0.4 is 10.6 Å². The average molecular weight is 202 g/mol. The Hall–Kier alpha value is -2.45. The molecule has 14 heavy (non-hydrogen) atoms. The molecular weight excluding hydrogens is 196 g/mol. The number of nitrogen functional groups attached to an aromatic ring is 1. The second-order valence-corrected chi connectivity index (χ2v) is 2.63. The van der Waals surface area contributed by atoms with Crippen molar-refractivity contribution in [3.05, 3.63) is 5.21 Å². The molecule has 0 radical (unpaired) electrons. The molecule has 9 heteroatoms. The summed E-state index contributed by atoms with van der Waals surface area (Å²) in [4.78, 5) is -0.334. The van der Waals surface area contributed by atoms with Gasteiger partial charge in [-0.25, -0.2) is 0 Å². The fraction of sp³-hybridized carbons (Fsp3) is 0. The van der Waals surface area contributed by atoms with E-state index in [2.05, 4.69) is 0 Å². The highest BCUT2D eigenvalue weighted by Gasteiger charge is 2.31. The van der Waals surface area contributed by atoms with Gasteiger partial charge >= 0.3 is 5.88 Å². The van der Waals surface area contributed by atoms with Crippen molar-refractivity contribution < 1.29 is 25.5 Å². The average Bonchev–Trinajstić information content (AvgIpc) is 2.51.